The topological polar surface area (TPSA) is 145 Å². The Hall–Kier alpha value is -3.17. The van der Waals surface area contributed by atoms with Gasteiger partial charge in [0.1, 0.15) is 11.5 Å². The van der Waals surface area contributed by atoms with Crippen LogP contribution in [0.15, 0.2) is 34.3 Å². The molecule has 1 saturated carbocycles. The molecule has 2 aromatic rings. The van der Waals surface area contributed by atoms with Crippen molar-refractivity contribution in [2.24, 2.45) is 9.98 Å². The summed E-state index contributed by atoms with van der Waals surface area (Å²) < 4.78 is 0. The number of carbonyl (C=O) groups is 2. The number of benzene rings is 2. The summed E-state index contributed by atoms with van der Waals surface area (Å²) >= 11 is 0. The second-order valence-corrected chi connectivity index (χ2v) is 10.2. The van der Waals surface area contributed by atoms with E-state index in [2.05, 4.69) is 38.1 Å². The van der Waals surface area contributed by atoms with E-state index in [0.29, 0.717) is 11.5 Å². The first-order valence-electron chi connectivity index (χ1n) is 13.9. The van der Waals surface area contributed by atoms with Gasteiger partial charge in [-0.05, 0) is 101 Å². The van der Waals surface area contributed by atoms with Crippen LogP contribution in [0.3, 0.4) is 0 Å². The third-order valence-corrected chi connectivity index (χ3v) is 6.32. The molecular formula is C32H44CoN2O6. The fraction of sp³-hybridized carbons (Fsp3) is 0.500. The zero-order chi connectivity index (χ0) is 30.2. The van der Waals surface area contributed by atoms with Crippen molar-refractivity contribution in [3.63, 3.8) is 0 Å². The second-order valence-electron chi connectivity index (χ2n) is 10.2. The Balaban J connectivity index is 0.00000158. The summed E-state index contributed by atoms with van der Waals surface area (Å²) in [5.74, 6) is -1.51. The number of carboxylic acids is 2. The number of phenols is 2. The van der Waals surface area contributed by atoms with E-state index in [1.165, 1.54) is 11.1 Å². The Labute approximate surface area is 254 Å². The number of hydrogen-bond acceptors (Lipinski definition) is 8. The van der Waals surface area contributed by atoms with Crippen LogP contribution < -0.4 is 10.2 Å². The number of carbonyl (C=O) groups excluding carboxylic acids is 2. The summed E-state index contributed by atoms with van der Waals surface area (Å²) in [7, 11) is 0. The van der Waals surface area contributed by atoms with Gasteiger partial charge < -0.3 is 30.0 Å². The molecule has 1 aliphatic rings. The van der Waals surface area contributed by atoms with Crippen LogP contribution in [0.5, 0.6) is 11.5 Å². The van der Waals surface area contributed by atoms with Crippen LogP contribution in [0.1, 0.15) is 99.6 Å². The summed E-state index contributed by atoms with van der Waals surface area (Å²) in [6.07, 6.45) is 12.0. The Morgan fingerprint density at radius 3 is 1.46 bits per heavy atom. The van der Waals surface area contributed by atoms with Gasteiger partial charge in [0.25, 0.3) is 0 Å². The van der Waals surface area contributed by atoms with E-state index in [-0.39, 0.29) is 28.9 Å². The van der Waals surface area contributed by atoms with Crippen molar-refractivity contribution >= 4 is 24.4 Å². The van der Waals surface area contributed by atoms with Gasteiger partial charge in [0.15, 0.2) is 0 Å². The Bertz CT molecular complexity index is 1080. The SMILES string of the molecule is CC(=O)[O-].CC(=O)[O-].CCCc1cc(C)c(O)c(C=NC2CCCC(N=Cc3cc(CCC)cc(C)c3O)C2)c1.[Co+2]. The molecule has 9 heteroatoms. The summed E-state index contributed by atoms with van der Waals surface area (Å²) in [6.45, 7) is 10.2. The maximum Gasteiger partial charge on any atom is 2.00 e. The van der Waals surface area contributed by atoms with Crippen LogP contribution in [-0.2, 0) is 39.2 Å². The van der Waals surface area contributed by atoms with Gasteiger partial charge >= 0.3 is 16.8 Å². The molecule has 227 valence electrons. The van der Waals surface area contributed by atoms with Gasteiger partial charge in [-0.25, -0.2) is 0 Å². The molecule has 0 heterocycles. The standard InChI is InChI=1S/C28H38N2O2.2C2H4O2.Co/c1-5-8-21-12-19(3)27(31)23(14-21)17-29-25-10-7-11-26(16-25)30-18-24-15-22(9-6-2)13-20(4)28(24)32;2*1-2(3)4;/h12-15,17-18,25-26,31-32H,5-11,16H2,1-4H3;2*1H3,(H,3,4);/q;;;+2/p-2. The van der Waals surface area contributed by atoms with Gasteiger partial charge in [0, 0.05) is 35.5 Å². The molecule has 3 rings (SSSR count). The number of aryl methyl sites for hydroxylation is 4. The number of carboxylic acid groups (broad SMARTS) is 2. The van der Waals surface area contributed by atoms with E-state index < -0.39 is 11.9 Å². The first-order chi connectivity index (χ1) is 18.9. The predicted octanol–water partition coefficient (Wildman–Crippen LogP) is 3.98. The molecule has 0 spiro atoms. The molecule has 41 heavy (non-hydrogen) atoms. The van der Waals surface area contributed by atoms with Gasteiger partial charge in [-0.2, -0.15) is 0 Å². The Kier molecular flexibility index (Phi) is 18.3. The average molecular weight is 612 g/mol. The number of aromatic hydroxyl groups is 2. The van der Waals surface area contributed by atoms with Crippen molar-refractivity contribution in [3.05, 3.63) is 57.6 Å². The minimum atomic E-state index is -1.08. The molecular weight excluding hydrogens is 567 g/mol. The molecule has 8 nitrogen and oxygen atoms in total. The van der Waals surface area contributed by atoms with Gasteiger partial charge in [0.05, 0.1) is 12.1 Å². The van der Waals surface area contributed by atoms with E-state index in [0.717, 1.165) is 87.5 Å². The summed E-state index contributed by atoms with van der Waals surface area (Å²) in [6, 6.07) is 8.66. The molecule has 2 aromatic carbocycles. The van der Waals surface area contributed by atoms with Crippen LogP contribution in [-0.4, -0.2) is 46.7 Å². The van der Waals surface area contributed by atoms with Crippen LogP contribution in [0.25, 0.3) is 0 Å². The third-order valence-electron chi connectivity index (χ3n) is 6.32. The van der Waals surface area contributed by atoms with E-state index in [9.17, 15) is 10.2 Å². The van der Waals surface area contributed by atoms with E-state index in [1.807, 2.05) is 26.3 Å². The van der Waals surface area contributed by atoms with Gasteiger partial charge in [-0.1, -0.05) is 38.8 Å². The van der Waals surface area contributed by atoms with Crippen molar-refractivity contribution in [3.8, 4) is 11.5 Å². The Morgan fingerprint density at radius 1 is 0.805 bits per heavy atom. The molecule has 0 saturated heterocycles. The van der Waals surface area contributed by atoms with E-state index >= 15 is 0 Å². The predicted molar refractivity (Wildman–Crippen MR) is 156 cm³/mol. The number of aliphatic carboxylic acids is 2. The number of rotatable bonds is 8. The van der Waals surface area contributed by atoms with Crippen LogP contribution in [0.4, 0.5) is 0 Å². The molecule has 1 fully saturated rings. The molecule has 0 amide bonds. The van der Waals surface area contributed by atoms with E-state index in [4.69, 9.17) is 29.8 Å². The van der Waals surface area contributed by atoms with Crippen LogP contribution in [0, 0.1) is 13.8 Å². The smallest absolute Gasteiger partial charge is 0.550 e. The van der Waals surface area contributed by atoms with E-state index in [1.54, 1.807) is 0 Å². The molecule has 1 aliphatic carbocycles. The number of nitrogens with zero attached hydrogens (tertiary/aromatic N) is 2. The molecule has 2 unspecified atom stereocenters. The first-order valence-corrected chi connectivity index (χ1v) is 13.9. The minimum absolute atomic E-state index is 0. The molecule has 1 radical (unpaired) electrons. The first kappa shape index (κ1) is 37.8. The molecule has 0 aromatic heterocycles. The fourth-order valence-electron chi connectivity index (χ4n) is 4.61. The Morgan fingerprint density at radius 2 is 1.15 bits per heavy atom. The van der Waals surface area contributed by atoms with Crippen molar-refractivity contribution in [2.45, 2.75) is 105 Å². The summed E-state index contributed by atoms with van der Waals surface area (Å²) in [5.41, 5.74) is 5.93. The average Bonchev–Trinajstić information content (AvgIpc) is 2.86. The minimum Gasteiger partial charge on any atom is -0.550 e. The number of hydrogen-bond donors (Lipinski definition) is 2. The summed E-state index contributed by atoms with van der Waals surface area (Å²) in [5, 5.41) is 38.7. The normalized spacial score (nSPS) is 16.2. The molecule has 2 atom stereocenters. The van der Waals surface area contributed by atoms with Crippen LogP contribution >= 0.6 is 0 Å². The molecule has 0 aliphatic heterocycles. The summed E-state index contributed by atoms with van der Waals surface area (Å²) in [4.78, 5) is 27.4. The van der Waals surface area contributed by atoms with Gasteiger partial charge in [-0.15, -0.1) is 0 Å². The second kappa shape index (κ2) is 19.8. The molecule has 2 N–H and O–H groups in total. The largest absolute Gasteiger partial charge is 2.00 e. The van der Waals surface area contributed by atoms with Gasteiger partial charge in [0.2, 0.25) is 0 Å². The zero-order valence-electron chi connectivity index (χ0n) is 25.0. The fourth-order valence-corrected chi connectivity index (χ4v) is 4.61. The van der Waals surface area contributed by atoms with Crippen molar-refractivity contribution in [2.75, 3.05) is 0 Å². The maximum absolute atomic E-state index is 10.5. The molecule has 0 bridgehead atoms. The van der Waals surface area contributed by atoms with Gasteiger partial charge in [-0.3, -0.25) is 9.98 Å². The zero-order valence-corrected chi connectivity index (χ0v) is 26.1. The maximum atomic E-state index is 10.5. The third kappa shape index (κ3) is 14.9. The quantitative estimate of drug-likeness (QED) is 0.432. The monoisotopic (exact) mass is 611 g/mol. The number of phenolic OH excluding ortho intramolecular Hbond substituents is 2. The van der Waals surface area contributed by atoms with Crippen LogP contribution in [0.2, 0.25) is 0 Å². The van der Waals surface area contributed by atoms with Crippen molar-refractivity contribution in [1.29, 1.82) is 0 Å². The van der Waals surface area contributed by atoms with Crippen molar-refractivity contribution < 1.29 is 46.8 Å². The number of aliphatic imine (C=N–C) groups is 2. The van der Waals surface area contributed by atoms with Crippen molar-refractivity contribution in [1.82, 2.24) is 0 Å².